The standard InChI is InChI=1S/C43H31N3/c1-28-11-10-12-29(25-28)44-42-23-21-30(45-38-17-6-2-13-32(38)33-14-3-7-18-39(33)45)26-36(42)37-27-31(22-24-43(37)44)46-40-19-8-4-15-34(40)35-16-5-9-20-41(35)46/h2-27,36,42H,1H3. The second-order valence-electron chi connectivity index (χ2n) is 12.7. The van der Waals surface area contributed by atoms with Crippen molar-refractivity contribution in [2.45, 2.75) is 18.9 Å². The molecule has 0 radical (unpaired) electrons. The highest BCUT2D eigenvalue weighted by molar-refractivity contribution is 6.11. The van der Waals surface area contributed by atoms with E-state index >= 15 is 0 Å². The van der Waals surface area contributed by atoms with E-state index in [0.717, 1.165) is 0 Å². The van der Waals surface area contributed by atoms with Crippen LogP contribution in [0.2, 0.25) is 0 Å². The summed E-state index contributed by atoms with van der Waals surface area (Å²) in [5.41, 5.74) is 12.5. The number of nitrogens with zero attached hydrogens (tertiary/aromatic N) is 3. The highest BCUT2D eigenvalue weighted by atomic mass is 15.2. The summed E-state index contributed by atoms with van der Waals surface area (Å²) in [5.74, 6) is 0.184. The van der Waals surface area contributed by atoms with Gasteiger partial charge >= 0.3 is 0 Å². The topological polar surface area (TPSA) is 13.1 Å². The van der Waals surface area contributed by atoms with Crippen molar-refractivity contribution in [3.8, 4) is 5.69 Å². The lowest BCUT2D eigenvalue weighted by Gasteiger charge is -2.30. The Kier molecular flexibility index (Phi) is 5.32. The van der Waals surface area contributed by atoms with Crippen LogP contribution >= 0.6 is 0 Å². The molecule has 2 aliphatic rings. The lowest BCUT2D eigenvalue weighted by atomic mass is 9.89. The van der Waals surface area contributed by atoms with Crippen molar-refractivity contribution in [1.82, 2.24) is 9.13 Å². The van der Waals surface area contributed by atoms with Crippen molar-refractivity contribution in [3.05, 3.63) is 169 Å². The molecule has 3 heterocycles. The molecule has 218 valence electrons. The smallest absolute Gasteiger partial charge is 0.0631 e. The maximum Gasteiger partial charge on any atom is 0.0631 e. The number of aryl methyl sites for hydroxylation is 1. The molecule has 2 aromatic heterocycles. The highest BCUT2D eigenvalue weighted by Gasteiger charge is 2.39. The zero-order chi connectivity index (χ0) is 30.4. The van der Waals surface area contributed by atoms with Crippen LogP contribution in [0.15, 0.2) is 158 Å². The molecule has 1 aliphatic heterocycles. The summed E-state index contributed by atoms with van der Waals surface area (Å²) in [6.07, 6.45) is 7.27. The first kappa shape index (κ1) is 25.5. The van der Waals surface area contributed by atoms with Gasteiger partial charge in [-0.1, -0.05) is 97.1 Å². The van der Waals surface area contributed by atoms with Crippen LogP contribution in [0.5, 0.6) is 0 Å². The fraction of sp³-hybridized carbons (Fsp3) is 0.0698. The van der Waals surface area contributed by atoms with Crippen molar-refractivity contribution in [3.63, 3.8) is 0 Å². The molecule has 0 saturated carbocycles. The summed E-state index contributed by atoms with van der Waals surface area (Å²) in [6, 6.07) is 51.3. The zero-order valence-corrected chi connectivity index (χ0v) is 25.5. The largest absolute Gasteiger partial charge is 0.333 e. The molecule has 0 N–H and O–H groups in total. The third kappa shape index (κ3) is 3.54. The molecule has 6 aromatic carbocycles. The van der Waals surface area contributed by atoms with Gasteiger partial charge in [-0.15, -0.1) is 0 Å². The van der Waals surface area contributed by atoms with Crippen LogP contribution < -0.4 is 4.90 Å². The number of hydrogen-bond donors (Lipinski definition) is 0. The number of anilines is 2. The van der Waals surface area contributed by atoms with Gasteiger partial charge in [-0.2, -0.15) is 0 Å². The van der Waals surface area contributed by atoms with Crippen molar-refractivity contribution < 1.29 is 0 Å². The van der Waals surface area contributed by atoms with Crippen molar-refractivity contribution >= 4 is 60.7 Å². The second-order valence-corrected chi connectivity index (χ2v) is 12.7. The molecule has 3 heteroatoms. The first-order chi connectivity index (χ1) is 22.7. The van der Waals surface area contributed by atoms with Gasteiger partial charge in [0.2, 0.25) is 0 Å². The predicted octanol–water partition coefficient (Wildman–Crippen LogP) is 10.9. The molecule has 10 rings (SSSR count). The predicted molar refractivity (Wildman–Crippen MR) is 193 cm³/mol. The molecule has 0 fully saturated rings. The second kappa shape index (κ2) is 9.60. The molecular formula is C43H31N3. The van der Waals surface area contributed by atoms with Crippen molar-refractivity contribution in [2.75, 3.05) is 4.90 Å². The van der Waals surface area contributed by atoms with E-state index < -0.39 is 0 Å². The van der Waals surface area contributed by atoms with Crippen LogP contribution in [0.4, 0.5) is 11.4 Å². The minimum atomic E-state index is 0.182. The monoisotopic (exact) mass is 589 g/mol. The Hall–Kier alpha value is -5.80. The number of aromatic nitrogens is 2. The van der Waals surface area contributed by atoms with Crippen LogP contribution in [0.1, 0.15) is 17.0 Å². The normalized spacial score (nSPS) is 17.2. The molecule has 0 amide bonds. The molecule has 0 saturated heterocycles. The molecule has 1 aliphatic carbocycles. The van der Waals surface area contributed by atoms with E-state index in [1.54, 1.807) is 0 Å². The SMILES string of the molecule is Cc1cccc(N2c3ccc(-n4c5ccccc5c5ccccc54)cc3C3C=C(n4c5ccccc5c5ccccc54)C=CC32)c1. The van der Waals surface area contributed by atoms with Gasteiger partial charge in [0.15, 0.2) is 0 Å². The van der Waals surface area contributed by atoms with Gasteiger partial charge in [-0.25, -0.2) is 0 Å². The summed E-state index contributed by atoms with van der Waals surface area (Å²) in [5, 5.41) is 5.15. The lowest BCUT2D eigenvalue weighted by molar-refractivity contribution is 0.743. The van der Waals surface area contributed by atoms with E-state index in [1.165, 1.54) is 77.5 Å². The Morgan fingerprint density at radius 2 is 1.07 bits per heavy atom. The minimum absolute atomic E-state index is 0.182. The Morgan fingerprint density at radius 1 is 0.500 bits per heavy atom. The van der Waals surface area contributed by atoms with Crippen LogP contribution in [-0.4, -0.2) is 15.2 Å². The van der Waals surface area contributed by atoms with Gasteiger partial charge in [-0.05, 0) is 78.7 Å². The van der Waals surface area contributed by atoms with E-state index in [9.17, 15) is 0 Å². The molecule has 46 heavy (non-hydrogen) atoms. The maximum atomic E-state index is 2.54. The Bertz CT molecular complexity index is 2470. The van der Waals surface area contributed by atoms with E-state index in [4.69, 9.17) is 0 Å². The van der Waals surface area contributed by atoms with E-state index in [1.807, 2.05) is 0 Å². The molecule has 8 aromatic rings. The third-order valence-corrected chi connectivity index (χ3v) is 10.1. The van der Waals surface area contributed by atoms with Crippen LogP contribution in [0, 0.1) is 6.92 Å². The van der Waals surface area contributed by atoms with Gasteiger partial charge in [0.1, 0.15) is 0 Å². The lowest BCUT2D eigenvalue weighted by Crippen LogP contribution is -2.29. The average Bonchev–Trinajstić information content (AvgIpc) is 3.73. The van der Waals surface area contributed by atoms with Crippen LogP contribution in [0.3, 0.4) is 0 Å². The number of para-hydroxylation sites is 4. The van der Waals surface area contributed by atoms with Crippen molar-refractivity contribution in [2.24, 2.45) is 0 Å². The first-order valence-corrected chi connectivity index (χ1v) is 16.1. The summed E-state index contributed by atoms with van der Waals surface area (Å²) in [7, 11) is 0. The maximum absolute atomic E-state index is 2.54. The molecule has 0 spiro atoms. The Morgan fingerprint density at radius 3 is 1.65 bits per heavy atom. The summed E-state index contributed by atoms with van der Waals surface area (Å²) >= 11 is 0. The van der Waals surface area contributed by atoms with E-state index in [0.29, 0.717) is 0 Å². The highest BCUT2D eigenvalue weighted by Crippen LogP contribution is 2.50. The van der Waals surface area contributed by atoms with E-state index in [-0.39, 0.29) is 12.0 Å². The average molecular weight is 590 g/mol. The molecule has 0 bridgehead atoms. The summed E-state index contributed by atoms with van der Waals surface area (Å²) in [6.45, 7) is 2.18. The fourth-order valence-corrected chi connectivity index (χ4v) is 8.14. The quantitative estimate of drug-likeness (QED) is 0.200. The van der Waals surface area contributed by atoms with Gasteiger partial charge in [0, 0.05) is 50.2 Å². The third-order valence-electron chi connectivity index (χ3n) is 10.1. The van der Waals surface area contributed by atoms with E-state index in [2.05, 4.69) is 179 Å². The zero-order valence-electron chi connectivity index (χ0n) is 25.5. The van der Waals surface area contributed by atoms with Gasteiger partial charge in [0.25, 0.3) is 0 Å². The number of rotatable bonds is 3. The van der Waals surface area contributed by atoms with Crippen LogP contribution in [0.25, 0.3) is 55.0 Å². The van der Waals surface area contributed by atoms with Crippen LogP contribution in [-0.2, 0) is 0 Å². The minimum Gasteiger partial charge on any atom is -0.333 e. The number of fused-ring (bicyclic) bond motifs is 9. The molecule has 2 atom stereocenters. The molecule has 2 unspecified atom stereocenters. The van der Waals surface area contributed by atoms with Gasteiger partial charge < -0.3 is 14.0 Å². The Balaban J connectivity index is 1.21. The fourth-order valence-electron chi connectivity index (χ4n) is 8.14. The number of hydrogen-bond acceptors (Lipinski definition) is 1. The first-order valence-electron chi connectivity index (χ1n) is 16.1. The number of allylic oxidation sites excluding steroid dienone is 2. The van der Waals surface area contributed by atoms with Gasteiger partial charge in [0.05, 0.1) is 28.1 Å². The molecular weight excluding hydrogens is 558 g/mol. The van der Waals surface area contributed by atoms with Crippen molar-refractivity contribution in [1.29, 1.82) is 0 Å². The number of benzene rings is 6. The van der Waals surface area contributed by atoms with Gasteiger partial charge in [-0.3, -0.25) is 0 Å². The molecule has 3 nitrogen and oxygen atoms in total. The summed E-state index contributed by atoms with van der Waals surface area (Å²) in [4.78, 5) is 2.54. The Labute approximate surface area is 267 Å². The summed E-state index contributed by atoms with van der Waals surface area (Å²) < 4.78 is 4.88.